The number of alkyl halides is 3. The molecule has 1 unspecified atom stereocenters. The van der Waals surface area contributed by atoms with Crippen molar-refractivity contribution < 1.29 is 32.3 Å². The summed E-state index contributed by atoms with van der Waals surface area (Å²) >= 11 is 0. The Morgan fingerprint density at radius 3 is 2.44 bits per heavy atom. The Balaban J connectivity index is 0.000000360. The maximum atomic E-state index is 13.5. The number of fused-ring (bicyclic) bond motifs is 1. The summed E-state index contributed by atoms with van der Waals surface area (Å²) < 4.78 is 47.4. The first-order chi connectivity index (χ1) is 15.0. The zero-order valence-corrected chi connectivity index (χ0v) is 17.4. The van der Waals surface area contributed by atoms with E-state index >= 15 is 0 Å². The van der Waals surface area contributed by atoms with Gasteiger partial charge in [0, 0.05) is 31.4 Å². The molecule has 2 aromatic heterocycles. The molecule has 0 spiro atoms. The number of carbonyl (C=O) groups excluding carboxylic acids is 1. The van der Waals surface area contributed by atoms with Crippen molar-refractivity contribution in [3.63, 3.8) is 0 Å². The van der Waals surface area contributed by atoms with Gasteiger partial charge in [-0.2, -0.15) is 13.2 Å². The maximum Gasteiger partial charge on any atom is 0.490 e. The quantitative estimate of drug-likeness (QED) is 0.561. The number of hydrogen-bond donors (Lipinski definition) is 1. The van der Waals surface area contributed by atoms with Crippen molar-refractivity contribution in [3.8, 4) is 11.1 Å². The van der Waals surface area contributed by atoms with Crippen LogP contribution in [0.2, 0.25) is 0 Å². The third-order valence-electron chi connectivity index (χ3n) is 5.25. The fourth-order valence-corrected chi connectivity index (χ4v) is 3.68. The van der Waals surface area contributed by atoms with Gasteiger partial charge >= 0.3 is 12.1 Å². The fourth-order valence-electron chi connectivity index (χ4n) is 3.68. The molecule has 4 rings (SSSR count). The summed E-state index contributed by atoms with van der Waals surface area (Å²) in [4.78, 5) is 27.3. The van der Waals surface area contributed by atoms with Crippen LogP contribution in [0.4, 0.5) is 17.6 Å². The zero-order valence-electron chi connectivity index (χ0n) is 17.4. The van der Waals surface area contributed by atoms with Gasteiger partial charge in [-0.25, -0.2) is 9.18 Å². The predicted molar refractivity (Wildman–Crippen MR) is 109 cm³/mol. The predicted octanol–water partition coefficient (Wildman–Crippen LogP) is 4.93. The van der Waals surface area contributed by atoms with E-state index in [1.165, 1.54) is 6.07 Å². The number of halogens is 4. The van der Waals surface area contributed by atoms with Crippen LogP contribution < -0.4 is 0 Å². The molecule has 1 aromatic carbocycles. The van der Waals surface area contributed by atoms with E-state index in [-0.39, 0.29) is 17.9 Å². The fraction of sp³-hybridized carbons (Fsp3) is 0.318. The van der Waals surface area contributed by atoms with Crippen molar-refractivity contribution in [2.45, 2.75) is 39.0 Å². The minimum absolute atomic E-state index is 0.0435. The van der Waals surface area contributed by atoms with E-state index in [9.17, 15) is 22.4 Å². The van der Waals surface area contributed by atoms with Crippen LogP contribution in [0.15, 0.2) is 42.7 Å². The summed E-state index contributed by atoms with van der Waals surface area (Å²) in [6.07, 6.45) is 0.735. The van der Waals surface area contributed by atoms with Gasteiger partial charge in [-0.3, -0.25) is 9.78 Å². The highest BCUT2D eigenvalue weighted by Gasteiger charge is 2.38. The van der Waals surface area contributed by atoms with Crippen LogP contribution in [0.3, 0.4) is 0 Å². The summed E-state index contributed by atoms with van der Waals surface area (Å²) in [6, 6.07) is 9.15. The Morgan fingerprint density at radius 1 is 1.16 bits per heavy atom. The number of hydrogen-bond acceptors (Lipinski definition) is 3. The second kappa shape index (κ2) is 8.97. The second-order valence-corrected chi connectivity index (χ2v) is 7.45. The molecule has 3 aromatic rings. The van der Waals surface area contributed by atoms with E-state index in [1.807, 2.05) is 29.4 Å². The summed E-state index contributed by atoms with van der Waals surface area (Å²) in [5.41, 5.74) is 4.40. The molecule has 1 N–H and O–H groups in total. The van der Waals surface area contributed by atoms with Crippen molar-refractivity contribution in [1.29, 1.82) is 0 Å². The number of carboxylic acids is 1. The Hall–Kier alpha value is -3.43. The van der Waals surface area contributed by atoms with Gasteiger partial charge in [0.2, 0.25) is 5.91 Å². The first-order valence-electron chi connectivity index (χ1n) is 9.79. The molecule has 1 saturated heterocycles. The van der Waals surface area contributed by atoms with Crippen molar-refractivity contribution in [2.24, 2.45) is 0 Å². The summed E-state index contributed by atoms with van der Waals surface area (Å²) in [5, 5.41) is 7.12. The lowest BCUT2D eigenvalue weighted by Crippen LogP contribution is -2.31. The van der Waals surface area contributed by atoms with Crippen LogP contribution in [-0.2, 0) is 9.59 Å². The van der Waals surface area contributed by atoms with Crippen molar-refractivity contribution in [3.05, 3.63) is 54.1 Å². The molecule has 0 saturated carbocycles. The second-order valence-electron chi connectivity index (χ2n) is 7.45. The third kappa shape index (κ3) is 4.90. The number of likely N-dealkylation sites (tertiary alicyclic amines) is 1. The van der Waals surface area contributed by atoms with E-state index in [4.69, 9.17) is 9.90 Å². The monoisotopic (exact) mass is 451 g/mol. The van der Waals surface area contributed by atoms with Gasteiger partial charge in [0.25, 0.3) is 0 Å². The van der Waals surface area contributed by atoms with E-state index in [0.717, 1.165) is 41.5 Å². The van der Waals surface area contributed by atoms with Gasteiger partial charge in [-0.1, -0.05) is 6.07 Å². The SMILES string of the molecule is CC(=O)N1CCCC1n1ccc2ncc(-c3ccc(F)c(C)c3)cc21.O=C(O)C(F)(F)F. The van der Waals surface area contributed by atoms with Gasteiger partial charge in [0.15, 0.2) is 0 Å². The molecule has 1 amide bonds. The molecule has 1 aliphatic rings. The van der Waals surface area contributed by atoms with Crippen LogP contribution in [-0.4, -0.2) is 44.2 Å². The molecule has 32 heavy (non-hydrogen) atoms. The van der Waals surface area contributed by atoms with Gasteiger partial charge in [-0.05, 0) is 55.2 Å². The molecule has 10 heteroatoms. The molecule has 0 aliphatic carbocycles. The van der Waals surface area contributed by atoms with Crippen molar-refractivity contribution >= 4 is 22.9 Å². The average molecular weight is 451 g/mol. The van der Waals surface area contributed by atoms with Crippen LogP contribution in [0.1, 0.15) is 31.5 Å². The lowest BCUT2D eigenvalue weighted by Gasteiger charge is -2.25. The third-order valence-corrected chi connectivity index (χ3v) is 5.25. The van der Waals surface area contributed by atoms with E-state index < -0.39 is 12.1 Å². The number of carbonyl (C=O) groups is 2. The molecule has 170 valence electrons. The van der Waals surface area contributed by atoms with Gasteiger partial charge in [0.05, 0.1) is 11.0 Å². The Bertz CT molecular complexity index is 1160. The molecule has 1 aliphatic heterocycles. The van der Waals surface area contributed by atoms with Crippen LogP contribution in [0.25, 0.3) is 22.2 Å². The molecular weight excluding hydrogens is 430 g/mol. The minimum Gasteiger partial charge on any atom is -0.475 e. The smallest absolute Gasteiger partial charge is 0.475 e. The number of rotatable bonds is 2. The normalized spacial score (nSPS) is 16.1. The first kappa shape index (κ1) is 23.2. The number of nitrogens with zero attached hydrogens (tertiary/aromatic N) is 3. The number of aryl methyl sites for hydroxylation is 1. The Morgan fingerprint density at radius 2 is 1.84 bits per heavy atom. The highest BCUT2D eigenvalue weighted by molar-refractivity contribution is 5.82. The number of aromatic nitrogens is 2. The summed E-state index contributed by atoms with van der Waals surface area (Å²) in [5.74, 6) is -2.86. The van der Waals surface area contributed by atoms with Crippen LogP contribution in [0, 0.1) is 12.7 Å². The first-order valence-corrected chi connectivity index (χ1v) is 9.79. The van der Waals surface area contributed by atoms with Crippen LogP contribution in [0.5, 0.6) is 0 Å². The molecule has 1 atom stereocenters. The maximum absolute atomic E-state index is 13.5. The van der Waals surface area contributed by atoms with Crippen LogP contribution >= 0.6 is 0 Å². The standard InChI is InChI=1S/C20H20FN3O.C2HF3O2/c1-13-10-15(5-6-17(13)21)16-11-19-18(22-12-16)7-9-24(19)20-4-3-8-23(20)14(2)25;3-2(4,5)1(6)7/h5-7,9-12,20H,3-4,8H2,1-2H3;(H,6,7). The lowest BCUT2D eigenvalue weighted by molar-refractivity contribution is -0.192. The Kier molecular flexibility index (Phi) is 6.52. The molecule has 3 heterocycles. The Labute approximate surface area is 181 Å². The summed E-state index contributed by atoms with van der Waals surface area (Å²) in [6.45, 7) is 4.18. The molecule has 1 fully saturated rings. The zero-order chi connectivity index (χ0) is 23.6. The number of carboxylic acid groups (broad SMARTS) is 1. The van der Waals surface area contributed by atoms with E-state index in [1.54, 1.807) is 19.9 Å². The minimum atomic E-state index is -5.08. The van der Waals surface area contributed by atoms with Crippen molar-refractivity contribution in [1.82, 2.24) is 14.5 Å². The molecular formula is C22H21F4N3O3. The summed E-state index contributed by atoms with van der Waals surface area (Å²) in [7, 11) is 0. The van der Waals surface area contributed by atoms with E-state index in [0.29, 0.717) is 5.56 Å². The average Bonchev–Trinajstić information content (AvgIpc) is 3.36. The lowest BCUT2D eigenvalue weighted by atomic mass is 10.0. The number of aliphatic carboxylic acids is 1. The molecule has 0 bridgehead atoms. The highest BCUT2D eigenvalue weighted by Crippen LogP contribution is 2.32. The largest absolute Gasteiger partial charge is 0.490 e. The van der Waals surface area contributed by atoms with Gasteiger partial charge in [-0.15, -0.1) is 0 Å². The number of amides is 1. The highest BCUT2D eigenvalue weighted by atomic mass is 19.4. The number of benzene rings is 1. The van der Waals surface area contributed by atoms with Gasteiger partial charge in [0.1, 0.15) is 12.0 Å². The molecule has 6 nitrogen and oxygen atoms in total. The topological polar surface area (TPSA) is 75.4 Å². The van der Waals surface area contributed by atoms with E-state index in [2.05, 4.69) is 15.6 Å². The molecule has 0 radical (unpaired) electrons. The number of pyridine rings is 1. The van der Waals surface area contributed by atoms with Gasteiger partial charge < -0.3 is 14.6 Å². The van der Waals surface area contributed by atoms with Crippen molar-refractivity contribution in [2.75, 3.05) is 6.54 Å².